The lowest BCUT2D eigenvalue weighted by molar-refractivity contribution is -0.143. The van der Waals surface area contributed by atoms with Gasteiger partial charge in [0.1, 0.15) is 18.4 Å². The van der Waals surface area contributed by atoms with E-state index in [9.17, 15) is 9.59 Å². The number of fused-ring (bicyclic) bond motifs is 1. The first-order valence-corrected chi connectivity index (χ1v) is 16.2. The lowest BCUT2D eigenvalue weighted by Crippen LogP contribution is -2.40. The summed E-state index contributed by atoms with van der Waals surface area (Å²) in [5.74, 6) is 0.980. The number of halogens is 3. The van der Waals surface area contributed by atoms with Crippen LogP contribution in [0.1, 0.15) is 43.5 Å². The van der Waals surface area contributed by atoms with E-state index in [1.54, 1.807) is 71.4 Å². The number of hydrogen-bond donors (Lipinski definition) is 0. The number of aromatic nitrogens is 1. The molecule has 5 rings (SSSR count). The van der Waals surface area contributed by atoms with Crippen molar-refractivity contribution >= 4 is 62.5 Å². The maximum Gasteiger partial charge on any atom is 0.338 e. The van der Waals surface area contributed by atoms with Crippen LogP contribution in [0.4, 0.5) is 0 Å². The van der Waals surface area contributed by atoms with Crippen LogP contribution in [0.3, 0.4) is 0 Å². The van der Waals surface area contributed by atoms with Crippen molar-refractivity contribution in [2.45, 2.75) is 39.5 Å². The zero-order valence-corrected chi connectivity index (χ0v) is 28.9. The predicted octanol–water partition coefficient (Wildman–Crippen LogP) is 6.85. The third-order valence-corrected chi connectivity index (χ3v) is 9.15. The fourth-order valence-electron chi connectivity index (χ4n) is 4.91. The molecule has 0 N–H and O–H groups in total. The molecule has 1 aliphatic heterocycles. The number of carbonyl (C=O) groups is 1. The maximum absolute atomic E-state index is 14.1. The summed E-state index contributed by atoms with van der Waals surface area (Å²) in [5, 5.41) is 0.915. The van der Waals surface area contributed by atoms with Crippen LogP contribution in [0.5, 0.6) is 17.2 Å². The SMILES string of the molecule is COc1cc(/C=c2\sc3n(c2=O)[C@H](c2cc(Br)ccc2OC)C(C(=O)OC(C)C)=C(C)N=3)ccc1OCc1ccc(Cl)c(Cl)c1. The Morgan fingerprint density at radius 2 is 1.76 bits per heavy atom. The van der Waals surface area contributed by atoms with E-state index in [1.165, 1.54) is 15.9 Å². The molecule has 0 unspecified atom stereocenters. The van der Waals surface area contributed by atoms with Crippen molar-refractivity contribution in [1.82, 2.24) is 4.57 Å². The van der Waals surface area contributed by atoms with Gasteiger partial charge in [-0.3, -0.25) is 9.36 Å². The standard InChI is InChI=1S/C33H29BrCl2N2O6S/c1-17(2)44-32(40)29-18(3)37-33-38(30(29)22-15-21(34)8-11-25(22)41-4)31(39)28(45-33)14-19-7-10-26(27(13-19)42-5)43-16-20-6-9-23(35)24(36)12-20/h6-15,17,30H,16H2,1-5H3/b28-14-/t30-/m1/s1. The third kappa shape index (κ3) is 6.99. The van der Waals surface area contributed by atoms with Gasteiger partial charge in [0.05, 0.1) is 46.2 Å². The molecule has 45 heavy (non-hydrogen) atoms. The Labute approximate surface area is 282 Å². The van der Waals surface area contributed by atoms with Gasteiger partial charge in [-0.2, -0.15) is 0 Å². The minimum absolute atomic E-state index is 0.255. The lowest BCUT2D eigenvalue weighted by atomic mass is 9.95. The van der Waals surface area contributed by atoms with Gasteiger partial charge in [0.25, 0.3) is 5.56 Å². The molecule has 8 nitrogen and oxygen atoms in total. The van der Waals surface area contributed by atoms with Gasteiger partial charge in [-0.25, -0.2) is 9.79 Å². The highest BCUT2D eigenvalue weighted by Gasteiger charge is 2.35. The zero-order valence-electron chi connectivity index (χ0n) is 25.0. The van der Waals surface area contributed by atoms with E-state index >= 15 is 0 Å². The molecule has 1 aliphatic rings. The second-order valence-electron chi connectivity index (χ2n) is 10.4. The Morgan fingerprint density at radius 3 is 2.44 bits per heavy atom. The van der Waals surface area contributed by atoms with E-state index in [0.717, 1.165) is 10.0 Å². The Bertz CT molecular complexity index is 2000. The van der Waals surface area contributed by atoms with Crippen LogP contribution in [-0.4, -0.2) is 30.9 Å². The van der Waals surface area contributed by atoms with Gasteiger partial charge in [-0.05, 0) is 80.4 Å². The van der Waals surface area contributed by atoms with Crippen LogP contribution in [0.15, 0.2) is 80.1 Å². The molecule has 0 fully saturated rings. The Kier molecular flexibility index (Phi) is 10.1. The van der Waals surface area contributed by atoms with Crippen LogP contribution < -0.4 is 29.1 Å². The quantitative estimate of drug-likeness (QED) is 0.175. The number of esters is 1. The summed E-state index contributed by atoms with van der Waals surface area (Å²) in [4.78, 5) is 32.6. The third-order valence-electron chi connectivity index (χ3n) is 6.93. The fourth-order valence-corrected chi connectivity index (χ4v) is 6.65. The van der Waals surface area contributed by atoms with Crippen LogP contribution in [-0.2, 0) is 16.1 Å². The number of rotatable bonds is 9. The summed E-state index contributed by atoms with van der Waals surface area (Å²) < 4.78 is 25.6. The van der Waals surface area contributed by atoms with Gasteiger partial charge in [0.2, 0.25) is 0 Å². The molecule has 0 radical (unpaired) electrons. The number of thiazole rings is 1. The summed E-state index contributed by atoms with van der Waals surface area (Å²) in [5.41, 5.74) is 2.60. The minimum Gasteiger partial charge on any atom is -0.496 e. The monoisotopic (exact) mass is 730 g/mol. The topological polar surface area (TPSA) is 88.4 Å². The van der Waals surface area contributed by atoms with Crippen LogP contribution in [0.25, 0.3) is 6.08 Å². The summed E-state index contributed by atoms with van der Waals surface area (Å²) in [6, 6.07) is 15.3. The van der Waals surface area contributed by atoms with Crippen LogP contribution >= 0.6 is 50.5 Å². The number of nitrogens with zero attached hydrogens (tertiary/aromatic N) is 2. The number of hydrogen-bond acceptors (Lipinski definition) is 8. The molecule has 2 heterocycles. The molecule has 0 amide bonds. The normalized spacial score (nSPS) is 14.7. The first-order valence-electron chi connectivity index (χ1n) is 13.8. The smallest absolute Gasteiger partial charge is 0.338 e. The largest absolute Gasteiger partial charge is 0.496 e. The van der Waals surface area contributed by atoms with E-state index < -0.39 is 12.0 Å². The van der Waals surface area contributed by atoms with Gasteiger partial charge in [0, 0.05) is 10.0 Å². The predicted molar refractivity (Wildman–Crippen MR) is 179 cm³/mol. The van der Waals surface area contributed by atoms with Gasteiger partial charge in [-0.1, -0.05) is 62.6 Å². The molecule has 0 aliphatic carbocycles. The number of benzene rings is 3. The molecular weight excluding hydrogens is 703 g/mol. The van der Waals surface area contributed by atoms with E-state index in [2.05, 4.69) is 20.9 Å². The van der Waals surface area contributed by atoms with Crippen molar-refractivity contribution < 1.29 is 23.7 Å². The van der Waals surface area contributed by atoms with Gasteiger partial charge in [0.15, 0.2) is 16.3 Å². The molecular formula is C33H29BrCl2N2O6S. The zero-order chi connectivity index (χ0) is 32.4. The number of allylic oxidation sites excluding steroid dienone is 1. The molecule has 1 aromatic heterocycles. The highest BCUT2D eigenvalue weighted by molar-refractivity contribution is 9.10. The van der Waals surface area contributed by atoms with Crippen LogP contribution in [0, 0.1) is 0 Å². The molecule has 1 atom stereocenters. The van der Waals surface area contributed by atoms with Crippen molar-refractivity contribution in [3.8, 4) is 17.2 Å². The fraction of sp³-hybridized carbons (Fsp3) is 0.242. The number of ether oxygens (including phenoxy) is 4. The molecule has 0 spiro atoms. The average molecular weight is 732 g/mol. The highest BCUT2D eigenvalue weighted by atomic mass is 79.9. The first-order chi connectivity index (χ1) is 21.5. The van der Waals surface area contributed by atoms with Crippen molar-refractivity contribution in [3.05, 3.63) is 117 Å². The van der Waals surface area contributed by atoms with Crippen molar-refractivity contribution in [2.24, 2.45) is 4.99 Å². The molecule has 0 saturated heterocycles. The molecule has 3 aromatic carbocycles. The van der Waals surface area contributed by atoms with Gasteiger partial charge < -0.3 is 18.9 Å². The average Bonchev–Trinajstić information content (AvgIpc) is 3.30. The minimum atomic E-state index is -0.825. The Morgan fingerprint density at radius 1 is 1.02 bits per heavy atom. The van der Waals surface area contributed by atoms with Crippen molar-refractivity contribution in [2.75, 3.05) is 14.2 Å². The van der Waals surface area contributed by atoms with E-state index in [1.807, 2.05) is 24.3 Å². The van der Waals surface area contributed by atoms with E-state index in [4.69, 9.17) is 42.1 Å². The lowest BCUT2D eigenvalue weighted by Gasteiger charge is -2.26. The highest BCUT2D eigenvalue weighted by Crippen LogP contribution is 2.37. The van der Waals surface area contributed by atoms with E-state index in [0.29, 0.717) is 53.5 Å². The second kappa shape index (κ2) is 13.8. The molecule has 4 aromatic rings. The number of methoxy groups -OCH3 is 2. The van der Waals surface area contributed by atoms with E-state index in [-0.39, 0.29) is 23.8 Å². The second-order valence-corrected chi connectivity index (χ2v) is 13.1. The first kappa shape index (κ1) is 32.8. The van der Waals surface area contributed by atoms with Gasteiger partial charge >= 0.3 is 5.97 Å². The molecule has 0 saturated carbocycles. The molecule has 234 valence electrons. The summed E-state index contributed by atoms with van der Waals surface area (Å²) in [6.45, 7) is 5.55. The van der Waals surface area contributed by atoms with Crippen LogP contribution in [0.2, 0.25) is 10.0 Å². The Hall–Kier alpha value is -3.57. The molecule has 0 bridgehead atoms. The van der Waals surface area contributed by atoms with Crippen molar-refractivity contribution in [1.29, 1.82) is 0 Å². The van der Waals surface area contributed by atoms with Gasteiger partial charge in [-0.15, -0.1) is 0 Å². The summed E-state index contributed by atoms with van der Waals surface area (Å²) in [6.07, 6.45) is 1.40. The summed E-state index contributed by atoms with van der Waals surface area (Å²) >= 11 is 16.9. The maximum atomic E-state index is 14.1. The Balaban J connectivity index is 1.57. The number of carbonyl (C=O) groups excluding carboxylic acids is 1. The molecule has 12 heteroatoms. The summed E-state index contributed by atoms with van der Waals surface area (Å²) in [7, 11) is 3.09. The van der Waals surface area contributed by atoms with Crippen molar-refractivity contribution in [3.63, 3.8) is 0 Å².